The molecule has 0 aliphatic carbocycles. The molecule has 9 heteroatoms. The highest BCUT2D eigenvalue weighted by molar-refractivity contribution is 7.99. The summed E-state index contributed by atoms with van der Waals surface area (Å²) in [5, 5.41) is 6.83. The van der Waals surface area contributed by atoms with Gasteiger partial charge >= 0.3 is 0 Å². The predicted molar refractivity (Wildman–Crippen MR) is 112 cm³/mol. The summed E-state index contributed by atoms with van der Waals surface area (Å²) in [4.78, 5) is 38.5. The van der Waals surface area contributed by atoms with Crippen LogP contribution in [0.15, 0.2) is 41.2 Å². The van der Waals surface area contributed by atoms with Gasteiger partial charge in [0.2, 0.25) is 5.91 Å². The molecule has 0 saturated carbocycles. The zero-order valence-electron chi connectivity index (χ0n) is 16.3. The molecule has 29 heavy (non-hydrogen) atoms. The number of nitrogens with zero attached hydrogens (tertiary/aromatic N) is 3. The molecule has 1 N–H and O–H groups in total. The number of rotatable bonds is 7. The first-order chi connectivity index (χ1) is 14.1. The summed E-state index contributed by atoms with van der Waals surface area (Å²) in [5.74, 6) is 1.70. The number of nitrogens with one attached hydrogen (secondary N) is 1. The molecule has 1 aliphatic rings. The molecule has 2 heterocycles. The summed E-state index contributed by atoms with van der Waals surface area (Å²) in [7, 11) is 1.53. The van der Waals surface area contributed by atoms with E-state index in [1.807, 2.05) is 28.8 Å². The standard InChI is InChI=1S/C20H24N4O4S/c1-28-11-8-24-18(25)7-6-17(22-24)20(27)21-16-4-2-15(3-5-16)14-19(26)23-9-12-29-13-10-23/h2-7H,8-14H2,1H3,(H,21,27). The lowest BCUT2D eigenvalue weighted by molar-refractivity contribution is -0.130. The van der Waals surface area contributed by atoms with E-state index < -0.39 is 5.91 Å². The van der Waals surface area contributed by atoms with Crippen molar-refractivity contribution in [3.8, 4) is 0 Å². The maximum absolute atomic E-state index is 12.4. The number of carbonyl (C=O) groups is 2. The lowest BCUT2D eigenvalue weighted by atomic mass is 10.1. The molecule has 1 aromatic heterocycles. The van der Waals surface area contributed by atoms with Crippen LogP contribution in [0.5, 0.6) is 0 Å². The molecular formula is C20H24N4O4S. The van der Waals surface area contributed by atoms with Gasteiger partial charge in [-0.2, -0.15) is 16.9 Å². The Balaban J connectivity index is 1.59. The van der Waals surface area contributed by atoms with Crippen molar-refractivity contribution in [2.75, 3.05) is 43.6 Å². The van der Waals surface area contributed by atoms with Crippen molar-refractivity contribution in [2.24, 2.45) is 0 Å². The molecule has 1 saturated heterocycles. The van der Waals surface area contributed by atoms with Crippen LogP contribution in [-0.2, 0) is 22.5 Å². The van der Waals surface area contributed by atoms with E-state index in [2.05, 4.69) is 10.4 Å². The highest BCUT2D eigenvalue weighted by atomic mass is 32.2. The van der Waals surface area contributed by atoms with Crippen LogP contribution in [0.25, 0.3) is 0 Å². The van der Waals surface area contributed by atoms with Gasteiger partial charge < -0.3 is 15.0 Å². The predicted octanol–water partition coefficient (Wildman–Crippen LogP) is 1.26. The van der Waals surface area contributed by atoms with E-state index in [1.54, 1.807) is 12.1 Å². The van der Waals surface area contributed by atoms with E-state index in [1.165, 1.54) is 23.9 Å². The summed E-state index contributed by atoms with van der Waals surface area (Å²) in [5.41, 5.74) is 1.34. The van der Waals surface area contributed by atoms with Gasteiger partial charge in [0, 0.05) is 43.5 Å². The number of ether oxygens (including phenoxy) is 1. The van der Waals surface area contributed by atoms with Gasteiger partial charge in [-0.05, 0) is 23.8 Å². The van der Waals surface area contributed by atoms with Crippen LogP contribution in [0.2, 0.25) is 0 Å². The Morgan fingerprint density at radius 2 is 1.86 bits per heavy atom. The number of hydrogen-bond acceptors (Lipinski definition) is 6. The highest BCUT2D eigenvalue weighted by Gasteiger charge is 2.17. The van der Waals surface area contributed by atoms with E-state index in [0.29, 0.717) is 18.7 Å². The molecule has 1 aromatic carbocycles. The third kappa shape index (κ3) is 5.91. The molecule has 154 valence electrons. The quantitative estimate of drug-likeness (QED) is 0.730. The zero-order valence-corrected chi connectivity index (χ0v) is 17.1. The molecule has 8 nitrogen and oxygen atoms in total. The first-order valence-electron chi connectivity index (χ1n) is 9.40. The van der Waals surface area contributed by atoms with Gasteiger partial charge in [-0.15, -0.1) is 0 Å². The van der Waals surface area contributed by atoms with Crippen LogP contribution < -0.4 is 10.9 Å². The van der Waals surface area contributed by atoms with Crippen molar-refractivity contribution in [2.45, 2.75) is 13.0 Å². The Kier molecular flexibility index (Phi) is 7.42. The van der Waals surface area contributed by atoms with Gasteiger partial charge in [0.1, 0.15) is 5.69 Å². The average Bonchev–Trinajstić information content (AvgIpc) is 2.75. The normalized spacial score (nSPS) is 13.9. The Morgan fingerprint density at radius 3 is 2.55 bits per heavy atom. The smallest absolute Gasteiger partial charge is 0.276 e. The van der Waals surface area contributed by atoms with Crippen molar-refractivity contribution < 1.29 is 14.3 Å². The van der Waals surface area contributed by atoms with E-state index in [4.69, 9.17) is 4.74 Å². The molecule has 1 aliphatic heterocycles. The largest absolute Gasteiger partial charge is 0.383 e. The number of amides is 2. The van der Waals surface area contributed by atoms with Crippen LogP contribution in [0.1, 0.15) is 16.1 Å². The number of thioether (sulfide) groups is 1. The van der Waals surface area contributed by atoms with E-state index in [-0.39, 0.29) is 23.7 Å². The number of carbonyl (C=O) groups excluding carboxylic acids is 2. The van der Waals surface area contributed by atoms with Gasteiger partial charge in [0.15, 0.2) is 0 Å². The maximum atomic E-state index is 12.4. The summed E-state index contributed by atoms with van der Waals surface area (Å²) in [6, 6.07) is 9.88. The van der Waals surface area contributed by atoms with Gasteiger partial charge in [-0.1, -0.05) is 12.1 Å². The van der Waals surface area contributed by atoms with Crippen LogP contribution in [0.3, 0.4) is 0 Å². The number of hydrogen-bond donors (Lipinski definition) is 1. The van der Waals surface area contributed by atoms with E-state index in [9.17, 15) is 14.4 Å². The Labute approximate surface area is 173 Å². The van der Waals surface area contributed by atoms with Crippen molar-refractivity contribution in [3.63, 3.8) is 0 Å². The van der Waals surface area contributed by atoms with Crippen LogP contribution in [0, 0.1) is 0 Å². The van der Waals surface area contributed by atoms with Crippen LogP contribution in [0.4, 0.5) is 5.69 Å². The second kappa shape index (κ2) is 10.2. The maximum Gasteiger partial charge on any atom is 0.276 e. The first kappa shape index (κ1) is 21.1. The minimum atomic E-state index is -0.411. The molecule has 3 rings (SSSR count). The molecule has 0 bridgehead atoms. The lowest BCUT2D eigenvalue weighted by Gasteiger charge is -2.26. The molecule has 1 fully saturated rings. The number of aromatic nitrogens is 2. The van der Waals surface area contributed by atoms with Gasteiger partial charge in [-0.3, -0.25) is 14.4 Å². The van der Waals surface area contributed by atoms with Crippen molar-refractivity contribution in [1.82, 2.24) is 14.7 Å². The lowest BCUT2D eigenvalue weighted by Crippen LogP contribution is -2.38. The minimum Gasteiger partial charge on any atom is -0.383 e. The fourth-order valence-corrected chi connectivity index (χ4v) is 3.81. The van der Waals surface area contributed by atoms with Crippen LogP contribution in [-0.4, -0.2) is 64.8 Å². The summed E-state index contributed by atoms with van der Waals surface area (Å²) in [6.07, 6.45) is 0.352. The summed E-state index contributed by atoms with van der Waals surface area (Å²) >= 11 is 1.87. The highest BCUT2D eigenvalue weighted by Crippen LogP contribution is 2.14. The van der Waals surface area contributed by atoms with Gasteiger partial charge in [0.05, 0.1) is 19.6 Å². The molecule has 2 aromatic rings. The zero-order chi connectivity index (χ0) is 20.6. The summed E-state index contributed by atoms with van der Waals surface area (Å²) in [6.45, 7) is 2.21. The topological polar surface area (TPSA) is 93.5 Å². The molecule has 2 amide bonds. The van der Waals surface area contributed by atoms with Crippen molar-refractivity contribution in [1.29, 1.82) is 0 Å². The number of methoxy groups -OCH3 is 1. The second-order valence-corrected chi connectivity index (χ2v) is 7.82. The number of benzene rings is 1. The Morgan fingerprint density at radius 1 is 1.14 bits per heavy atom. The SMILES string of the molecule is COCCn1nc(C(=O)Nc2ccc(CC(=O)N3CCSCC3)cc2)ccc1=O. The number of anilines is 1. The van der Waals surface area contributed by atoms with Crippen molar-refractivity contribution in [3.05, 3.63) is 58.0 Å². The second-order valence-electron chi connectivity index (χ2n) is 6.59. The average molecular weight is 417 g/mol. The molecular weight excluding hydrogens is 392 g/mol. The minimum absolute atomic E-state index is 0.129. The Hall–Kier alpha value is -2.65. The third-order valence-corrected chi connectivity index (χ3v) is 5.48. The third-order valence-electron chi connectivity index (χ3n) is 4.54. The van der Waals surface area contributed by atoms with E-state index in [0.717, 1.165) is 30.2 Å². The monoisotopic (exact) mass is 416 g/mol. The fourth-order valence-electron chi connectivity index (χ4n) is 2.91. The van der Waals surface area contributed by atoms with Gasteiger partial charge in [0.25, 0.3) is 11.5 Å². The summed E-state index contributed by atoms with van der Waals surface area (Å²) < 4.78 is 6.15. The Bertz CT molecular complexity index is 907. The van der Waals surface area contributed by atoms with E-state index >= 15 is 0 Å². The molecule has 0 radical (unpaired) electrons. The van der Waals surface area contributed by atoms with Gasteiger partial charge in [-0.25, -0.2) is 4.68 Å². The fraction of sp³-hybridized carbons (Fsp3) is 0.400. The van der Waals surface area contributed by atoms with Crippen molar-refractivity contribution >= 4 is 29.3 Å². The van der Waals surface area contributed by atoms with Crippen LogP contribution >= 0.6 is 11.8 Å². The molecule has 0 unspecified atom stereocenters. The molecule has 0 spiro atoms. The first-order valence-corrected chi connectivity index (χ1v) is 10.6. The molecule has 0 atom stereocenters.